The number of carbonyl (C=O) groups excluding carboxylic acids is 2. The van der Waals surface area contributed by atoms with Crippen molar-refractivity contribution in [2.24, 2.45) is 0 Å². The fourth-order valence-corrected chi connectivity index (χ4v) is 3.70. The summed E-state index contributed by atoms with van der Waals surface area (Å²) in [4.78, 5) is 26.5. The predicted molar refractivity (Wildman–Crippen MR) is 108 cm³/mol. The lowest BCUT2D eigenvalue weighted by molar-refractivity contribution is -0.123. The smallest absolute Gasteiger partial charge is 0.293 e. The maximum atomic E-state index is 12.7. The molecule has 0 unspecified atom stereocenters. The Morgan fingerprint density at radius 3 is 2.48 bits per heavy atom. The van der Waals surface area contributed by atoms with Gasteiger partial charge in [-0.3, -0.25) is 14.5 Å². The highest BCUT2D eigenvalue weighted by Crippen LogP contribution is 2.36. The van der Waals surface area contributed by atoms with Crippen LogP contribution in [0, 0.1) is 0 Å². The van der Waals surface area contributed by atoms with Gasteiger partial charge in [0.25, 0.3) is 11.1 Å². The summed E-state index contributed by atoms with van der Waals surface area (Å²) >= 11 is 12.8. The Hall–Kier alpha value is -2.15. The van der Waals surface area contributed by atoms with Crippen molar-refractivity contribution in [1.29, 1.82) is 0 Å². The van der Waals surface area contributed by atoms with Crippen LogP contribution in [-0.2, 0) is 11.3 Å². The van der Waals surface area contributed by atoms with Crippen LogP contribution in [0.2, 0.25) is 10.0 Å². The van der Waals surface area contributed by atoms with E-state index in [1.54, 1.807) is 49.6 Å². The molecule has 3 rings (SSSR count). The van der Waals surface area contributed by atoms with Gasteiger partial charge >= 0.3 is 0 Å². The van der Waals surface area contributed by atoms with Crippen molar-refractivity contribution in [2.45, 2.75) is 6.54 Å². The molecule has 0 radical (unpaired) electrons. The number of halogens is 2. The zero-order chi connectivity index (χ0) is 19.6. The Morgan fingerprint density at radius 2 is 1.81 bits per heavy atom. The van der Waals surface area contributed by atoms with Crippen molar-refractivity contribution in [3.05, 3.63) is 62.5 Å². The predicted octanol–water partition coefficient (Wildman–Crippen LogP) is 5.25. The molecule has 0 bridgehead atoms. The van der Waals surface area contributed by atoms with Crippen LogP contribution in [0.25, 0.3) is 6.08 Å². The Morgan fingerprint density at radius 1 is 1.04 bits per heavy atom. The number of methoxy groups -OCH3 is 2. The minimum absolute atomic E-state index is 0.119. The topological polar surface area (TPSA) is 55.8 Å². The number of imide groups is 1. The number of rotatable bonds is 5. The van der Waals surface area contributed by atoms with E-state index in [2.05, 4.69) is 0 Å². The first kappa shape index (κ1) is 19.6. The van der Waals surface area contributed by atoms with Crippen molar-refractivity contribution >= 4 is 52.2 Å². The van der Waals surface area contributed by atoms with Crippen molar-refractivity contribution in [3.63, 3.8) is 0 Å². The lowest BCUT2D eigenvalue weighted by Gasteiger charge is -2.13. The largest absolute Gasteiger partial charge is 0.497 e. The average molecular weight is 424 g/mol. The summed E-state index contributed by atoms with van der Waals surface area (Å²) in [5.41, 5.74) is 1.36. The van der Waals surface area contributed by atoms with Crippen molar-refractivity contribution < 1.29 is 19.1 Å². The number of amides is 2. The van der Waals surface area contributed by atoms with Gasteiger partial charge in [0.15, 0.2) is 0 Å². The second-order valence-corrected chi connectivity index (χ2v) is 7.43. The first-order chi connectivity index (χ1) is 12.9. The molecular formula is C19H15Cl2NO4S. The van der Waals surface area contributed by atoms with E-state index in [1.807, 2.05) is 0 Å². The van der Waals surface area contributed by atoms with Crippen molar-refractivity contribution in [3.8, 4) is 11.5 Å². The maximum Gasteiger partial charge on any atom is 0.293 e. The van der Waals surface area contributed by atoms with E-state index in [-0.39, 0.29) is 17.7 Å². The van der Waals surface area contributed by atoms with Gasteiger partial charge in [0.2, 0.25) is 0 Å². The summed E-state index contributed by atoms with van der Waals surface area (Å²) in [6.07, 6.45) is 1.63. The number of nitrogens with zero attached hydrogens (tertiary/aromatic N) is 1. The van der Waals surface area contributed by atoms with Crippen LogP contribution in [0.4, 0.5) is 4.79 Å². The average Bonchev–Trinajstić information content (AvgIpc) is 2.92. The summed E-state index contributed by atoms with van der Waals surface area (Å²) in [6, 6.07) is 10.2. The molecule has 5 nitrogen and oxygen atoms in total. The third-order valence-electron chi connectivity index (χ3n) is 3.92. The van der Waals surface area contributed by atoms with E-state index in [0.717, 1.165) is 11.8 Å². The highest BCUT2D eigenvalue weighted by molar-refractivity contribution is 8.18. The molecule has 0 saturated carbocycles. The SMILES string of the molecule is COc1ccc(OC)c(/C=C2/SC(=O)N(Cc3ccc(Cl)c(Cl)c3)C2=O)c1. The fraction of sp³-hybridized carbons (Fsp3) is 0.158. The van der Waals surface area contributed by atoms with Crippen LogP contribution in [0.15, 0.2) is 41.3 Å². The molecule has 1 aliphatic rings. The number of benzene rings is 2. The van der Waals surface area contributed by atoms with Crippen LogP contribution >= 0.6 is 35.0 Å². The molecule has 8 heteroatoms. The molecular weight excluding hydrogens is 409 g/mol. The minimum Gasteiger partial charge on any atom is -0.497 e. The first-order valence-electron chi connectivity index (χ1n) is 7.84. The molecule has 0 aromatic heterocycles. The zero-order valence-corrected chi connectivity index (χ0v) is 16.8. The van der Waals surface area contributed by atoms with Gasteiger partial charge in [-0.15, -0.1) is 0 Å². The molecule has 140 valence electrons. The molecule has 2 aromatic rings. The van der Waals surface area contributed by atoms with E-state index in [1.165, 1.54) is 12.0 Å². The lowest BCUT2D eigenvalue weighted by atomic mass is 10.1. The Balaban J connectivity index is 1.87. The summed E-state index contributed by atoms with van der Waals surface area (Å²) in [5.74, 6) is 0.824. The van der Waals surface area contributed by atoms with Crippen LogP contribution in [0.3, 0.4) is 0 Å². The van der Waals surface area contributed by atoms with Crippen molar-refractivity contribution in [2.75, 3.05) is 14.2 Å². The standard InChI is InChI=1S/C19H15Cl2NO4S/c1-25-13-4-6-16(26-2)12(8-13)9-17-18(23)22(19(24)27-17)10-11-3-5-14(20)15(21)7-11/h3-9H,10H2,1-2H3/b17-9+. The Bertz CT molecular complexity index is 945. The maximum absolute atomic E-state index is 12.7. The van der Waals surface area contributed by atoms with Gasteiger partial charge in [-0.25, -0.2) is 0 Å². The molecule has 1 aliphatic heterocycles. The summed E-state index contributed by atoms with van der Waals surface area (Å²) in [6.45, 7) is 0.119. The zero-order valence-electron chi connectivity index (χ0n) is 14.5. The molecule has 2 aromatic carbocycles. The monoisotopic (exact) mass is 423 g/mol. The third kappa shape index (κ3) is 4.24. The molecule has 27 heavy (non-hydrogen) atoms. The summed E-state index contributed by atoms with van der Waals surface area (Å²) < 4.78 is 10.5. The second kappa shape index (κ2) is 8.25. The van der Waals surface area contributed by atoms with E-state index in [4.69, 9.17) is 32.7 Å². The van der Waals surface area contributed by atoms with E-state index in [0.29, 0.717) is 37.6 Å². The molecule has 2 amide bonds. The number of thioether (sulfide) groups is 1. The molecule has 0 N–H and O–H groups in total. The van der Waals surface area contributed by atoms with Gasteiger partial charge in [0.1, 0.15) is 11.5 Å². The normalized spacial score (nSPS) is 15.6. The first-order valence-corrected chi connectivity index (χ1v) is 9.41. The van der Waals surface area contributed by atoms with E-state index in [9.17, 15) is 9.59 Å². The number of hydrogen-bond donors (Lipinski definition) is 0. The number of ether oxygens (including phenoxy) is 2. The Kier molecular flexibility index (Phi) is 5.99. The van der Waals surface area contributed by atoms with Gasteiger partial charge in [-0.2, -0.15) is 0 Å². The quantitative estimate of drug-likeness (QED) is 0.614. The molecule has 0 aliphatic carbocycles. The molecule has 0 atom stereocenters. The highest BCUT2D eigenvalue weighted by atomic mass is 35.5. The number of carbonyl (C=O) groups is 2. The van der Waals surface area contributed by atoms with E-state index < -0.39 is 0 Å². The van der Waals surface area contributed by atoms with E-state index >= 15 is 0 Å². The molecule has 1 saturated heterocycles. The van der Waals surface area contributed by atoms with Crippen LogP contribution < -0.4 is 9.47 Å². The molecule has 1 heterocycles. The van der Waals surface area contributed by atoms with Gasteiger partial charge in [0, 0.05) is 5.56 Å². The van der Waals surface area contributed by atoms with Crippen LogP contribution in [0.5, 0.6) is 11.5 Å². The van der Waals surface area contributed by atoms with Crippen LogP contribution in [0.1, 0.15) is 11.1 Å². The number of hydrogen-bond acceptors (Lipinski definition) is 5. The summed E-state index contributed by atoms with van der Waals surface area (Å²) in [5, 5.41) is 0.441. The van der Waals surface area contributed by atoms with Gasteiger partial charge in [-0.1, -0.05) is 29.3 Å². The molecule has 1 fully saturated rings. The fourth-order valence-electron chi connectivity index (χ4n) is 2.55. The van der Waals surface area contributed by atoms with Crippen molar-refractivity contribution in [1.82, 2.24) is 4.90 Å². The lowest BCUT2D eigenvalue weighted by Crippen LogP contribution is -2.27. The van der Waals surface area contributed by atoms with Gasteiger partial charge < -0.3 is 9.47 Å². The van der Waals surface area contributed by atoms with Crippen LogP contribution in [-0.4, -0.2) is 30.3 Å². The van der Waals surface area contributed by atoms with Gasteiger partial charge in [0.05, 0.1) is 35.7 Å². The Labute approximate surface area is 170 Å². The second-order valence-electron chi connectivity index (χ2n) is 5.62. The summed E-state index contributed by atoms with van der Waals surface area (Å²) in [7, 11) is 3.09. The highest BCUT2D eigenvalue weighted by Gasteiger charge is 2.35. The third-order valence-corrected chi connectivity index (χ3v) is 5.57. The molecule has 0 spiro atoms. The van der Waals surface area contributed by atoms with Gasteiger partial charge in [-0.05, 0) is 53.7 Å². The minimum atomic E-state index is -0.374.